The van der Waals surface area contributed by atoms with E-state index in [2.05, 4.69) is 20.3 Å². The van der Waals surface area contributed by atoms with Crippen LogP contribution in [0.5, 0.6) is 0 Å². The lowest BCUT2D eigenvalue weighted by atomic mass is 9.83. The number of fused-ring (bicyclic) bond motifs is 1. The third-order valence-corrected chi connectivity index (χ3v) is 6.88. The Morgan fingerprint density at radius 2 is 1.89 bits per heavy atom. The number of alkyl halides is 3. The molecule has 11 heteroatoms. The summed E-state index contributed by atoms with van der Waals surface area (Å²) >= 11 is 0. The van der Waals surface area contributed by atoms with Crippen molar-refractivity contribution in [2.24, 2.45) is 5.92 Å². The van der Waals surface area contributed by atoms with Crippen molar-refractivity contribution in [3.63, 3.8) is 0 Å². The molecule has 2 aromatic heterocycles. The number of rotatable bonds is 5. The highest BCUT2D eigenvalue weighted by Crippen LogP contribution is 2.35. The predicted octanol–water partition coefficient (Wildman–Crippen LogP) is 4.02. The third kappa shape index (κ3) is 4.92. The Labute approximate surface area is 201 Å². The maximum Gasteiger partial charge on any atom is 0.416 e. The van der Waals surface area contributed by atoms with Crippen LogP contribution < -0.4 is 10.2 Å². The Morgan fingerprint density at radius 3 is 2.54 bits per heavy atom. The van der Waals surface area contributed by atoms with Gasteiger partial charge in [-0.25, -0.2) is 4.68 Å². The van der Waals surface area contributed by atoms with Gasteiger partial charge in [0.05, 0.1) is 41.1 Å². The summed E-state index contributed by atoms with van der Waals surface area (Å²) < 4.78 is 46.9. The minimum atomic E-state index is -4.46. The molecule has 0 aliphatic carbocycles. The van der Waals surface area contributed by atoms with Crippen molar-refractivity contribution in [2.75, 3.05) is 36.5 Å². The predicted molar refractivity (Wildman–Crippen MR) is 126 cm³/mol. The van der Waals surface area contributed by atoms with E-state index in [0.29, 0.717) is 49.1 Å². The number of halogens is 3. The first kappa shape index (κ1) is 23.8. The van der Waals surface area contributed by atoms with Crippen molar-refractivity contribution in [2.45, 2.75) is 50.9 Å². The van der Waals surface area contributed by atoms with Crippen LogP contribution in [0.1, 0.15) is 38.7 Å². The van der Waals surface area contributed by atoms with Crippen LogP contribution in [0, 0.1) is 5.92 Å². The molecule has 1 unspecified atom stereocenters. The zero-order chi connectivity index (χ0) is 24.8. The molecular formula is C24H29F3N6O2. The minimum absolute atomic E-state index is 0.0613. The fraction of sp³-hybridized carbons (Fsp3) is 0.542. The van der Waals surface area contributed by atoms with Crippen LogP contribution in [0.15, 0.2) is 30.5 Å². The van der Waals surface area contributed by atoms with Crippen LogP contribution in [-0.2, 0) is 10.9 Å². The van der Waals surface area contributed by atoms with E-state index in [1.807, 2.05) is 13.8 Å². The van der Waals surface area contributed by atoms with Gasteiger partial charge in [-0.1, -0.05) is 6.07 Å². The van der Waals surface area contributed by atoms with E-state index in [-0.39, 0.29) is 17.6 Å². The molecule has 1 atom stereocenters. The normalized spacial score (nSPS) is 20.1. The van der Waals surface area contributed by atoms with Crippen LogP contribution in [0.3, 0.4) is 0 Å². The SMILES string of the molecule is CC(C)(O)C1CCN(c2nc(NC3CCOC3)nc3c2cnn3-c2cccc(C(F)(F)F)c2)CC1. The Balaban J connectivity index is 1.55. The second kappa shape index (κ2) is 8.94. The van der Waals surface area contributed by atoms with Crippen molar-refractivity contribution < 1.29 is 23.0 Å². The standard InChI is InChI=1S/C24H29F3N6O2/c1-23(2,34)15-6-9-32(10-7-15)20-19-13-28-33(18-5-3-4-16(12-18)24(25,26)27)21(19)31-22(30-20)29-17-8-11-35-14-17/h3-5,12-13,15,17,34H,6-11,14H2,1-2H3,(H,29,30,31). The highest BCUT2D eigenvalue weighted by atomic mass is 19.4. The smallest absolute Gasteiger partial charge is 0.390 e. The van der Waals surface area contributed by atoms with Crippen LogP contribution >= 0.6 is 0 Å². The van der Waals surface area contributed by atoms with Gasteiger partial charge in [0, 0.05) is 19.7 Å². The molecule has 4 heterocycles. The maximum absolute atomic E-state index is 13.3. The molecular weight excluding hydrogens is 461 g/mol. The summed E-state index contributed by atoms with van der Waals surface area (Å²) in [4.78, 5) is 11.6. The fourth-order valence-corrected chi connectivity index (χ4v) is 4.83. The van der Waals surface area contributed by atoms with Crippen LogP contribution in [0.2, 0.25) is 0 Å². The van der Waals surface area contributed by atoms with E-state index in [9.17, 15) is 18.3 Å². The second-order valence-electron chi connectivity index (χ2n) is 9.83. The molecule has 0 bridgehead atoms. The van der Waals surface area contributed by atoms with Crippen molar-refractivity contribution in [1.82, 2.24) is 19.7 Å². The summed E-state index contributed by atoms with van der Waals surface area (Å²) in [5, 5.41) is 18.8. The lowest BCUT2D eigenvalue weighted by Gasteiger charge is -2.38. The first-order valence-corrected chi connectivity index (χ1v) is 11.8. The third-order valence-electron chi connectivity index (χ3n) is 6.88. The van der Waals surface area contributed by atoms with E-state index in [0.717, 1.165) is 31.4 Å². The number of benzene rings is 1. The summed E-state index contributed by atoms with van der Waals surface area (Å²) in [6, 6.07) is 5.11. The van der Waals surface area contributed by atoms with Gasteiger partial charge in [0.1, 0.15) is 5.82 Å². The molecule has 3 aromatic rings. The molecule has 1 aromatic carbocycles. The van der Waals surface area contributed by atoms with Gasteiger partial charge in [-0.2, -0.15) is 28.2 Å². The number of ether oxygens (including phenoxy) is 1. The number of hydrogen-bond acceptors (Lipinski definition) is 7. The maximum atomic E-state index is 13.3. The highest BCUT2D eigenvalue weighted by Gasteiger charge is 2.33. The zero-order valence-electron chi connectivity index (χ0n) is 19.7. The number of piperidine rings is 1. The Kier molecular flexibility index (Phi) is 6.08. The molecule has 0 amide bonds. The van der Waals surface area contributed by atoms with Crippen molar-refractivity contribution >= 4 is 22.8 Å². The summed E-state index contributed by atoms with van der Waals surface area (Å²) in [6.07, 6.45) is -0.429. The van der Waals surface area contributed by atoms with Gasteiger partial charge >= 0.3 is 6.18 Å². The first-order chi connectivity index (χ1) is 16.6. The molecule has 188 valence electrons. The van der Waals surface area contributed by atoms with Crippen LogP contribution in [0.4, 0.5) is 24.9 Å². The molecule has 35 heavy (non-hydrogen) atoms. The summed E-state index contributed by atoms with van der Waals surface area (Å²) in [5.74, 6) is 1.25. The largest absolute Gasteiger partial charge is 0.416 e. The number of nitrogens with zero attached hydrogens (tertiary/aromatic N) is 5. The van der Waals surface area contributed by atoms with Crippen LogP contribution in [-0.4, -0.2) is 62.8 Å². The summed E-state index contributed by atoms with van der Waals surface area (Å²) in [6.45, 7) is 6.25. The minimum Gasteiger partial charge on any atom is -0.390 e. The number of aromatic nitrogens is 4. The molecule has 2 fully saturated rings. The zero-order valence-corrected chi connectivity index (χ0v) is 19.7. The lowest BCUT2D eigenvalue weighted by molar-refractivity contribution is -0.137. The summed E-state index contributed by atoms with van der Waals surface area (Å²) in [7, 11) is 0. The Hall–Kier alpha value is -2.92. The Morgan fingerprint density at radius 1 is 1.11 bits per heavy atom. The monoisotopic (exact) mass is 490 g/mol. The van der Waals surface area contributed by atoms with E-state index in [1.54, 1.807) is 12.3 Å². The highest BCUT2D eigenvalue weighted by molar-refractivity contribution is 5.89. The number of aliphatic hydroxyl groups is 1. The van der Waals surface area contributed by atoms with Gasteiger partial charge in [-0.05, 0) is 57.2 Å². The van der Waals surface area contributed by atoms with Crippen molar-refractivity contribution in [1.29, 1.82) is 0 Å². The number of nitrogens with one attached hydrogen (secondary N) is 1. The number of hydrogen-bond donors (Lipinski definition) is 2. The fourth-order valence-electron chi connectivity index (χ4n) is 4.83. The van der Waals surface area contributed by atoms with E-state index in [4.69, 9.17) is 9.72 Å². The summed E-state index contributed by atoms with van der Waals surface area (Å²) in [5.41, 5.74) is -0.796. The van der Waals surface area contributed by atoms with Crippen molar-refractivity contribution in [3.05, 3.63) is 36.0 Å². The molecule has 2 saturated heterocycles. The van der Waals surface area contributed by atoms with Gasteiger partial charge in [-0.3, -0.25) is 0 Å². The van der Waals surface area contributed by atoms with Gasteiger partial charge in [0.2, 0.25) is 5.95 Å². The molecule has 2 N–H and O–H groups in total. The average molecular weight is 491 g/mol. The molecule has 2 aliphatic rings. The molecule has 0 spiro atoms. The second-order valence-corrected chi connectivity index (χ2v) is 9.83. The van der Waals surface area contributed by atoms with E-state index in [1.165, 1.54) is 10.7 Å². The van der Waals surface area contributed by atoms with Gasteiger partial charge in [-0.15, -0.1) is 0 Å². The quantitative estimate of drug-likeness (QED) is 0.559. The van der Waals surface area contributed by atoms with Gasteiger partial charge < -0.3 is 20.1 Å². The van der Waals surface area contributed by atoms with E-state index < -0.39 is 17.3 Å². The average Bonchev–Trinajstić information content (AvgIpc) is 3.48. The first-order valence-electron chi connectivity index (χ1n) is 11.8. The topological polar surface area (TPSA) is 88.3 Å². The molecule has 0 radical (unpaired) electrons. The van der Waals surface area contributed by atoms with Gasteiger partial charge in [0.15, 0.2) is 5.65 Å². The Bertz CT molecular complexity index is 1190. The van der Waals surface area contributed by atoms with Gasteiger partial charge in [0.25, 0.3) is 0 Å². The van der Waals surface area contributed by atoms with Crippen LogP contribution in [0.25, 0.3) is 16.7 Å². The molecule has 0 saturated carbocycles. The number of anilines is 2. The molecule has 2 aliphatic heterocycles. The lowest BCUT2D eigenvalue weighted by Crippen LogP contribution is -2.42. The van der Waals surface area contributed by atoms with E-state index >= 15 is 0 Å². The molecule has 8 nitrogen and oxygen atoms in total. The van der Waals surface area contributed by atoms with Crippen molar-refractivity contribution in [3.8, 4) is 5.69 Å². The molecule has 5 rings (SSSR count).